The average molecular weight is 362 g/mol. The smallest absolute Gasteiger partial charge is 0.267 e. The number of benzene rings is 1. The van der Waals surface area contributed by atoms with E-state index in [-0.39, 0.29) is 11.8 Å². The molecule has 0 aliphatic carbocycles. The molecular formula is C16H16BrN3O2. The highest BCUT2D eigenvalue weighted by atomic mass is 79.9. The first-order chi connectivity index (χ1) is 10.6. The highest BCUT2D eigenvalue weighted by Crippen LogP contribution is 2.27. The van der Waals surface area contributed by atoms with Gasteiger partial charge in [-0.05, 0) is 29.8 Å². The van der Waals surface area contributed by atoms with Gasteiger partial charge >= 0.3 is 0 Å². The zero-order valence-electron chi connectivity index (χ0n) is 11.9. The molecule has 1 atom stereocenters. The molecule has 0 radical (unpaired) electrons. The predicted molar refractivity (Wildman–Crippen MR) is 87.8 cm³/mol. The second kappa shape index (κ2) is 6.46. The van der Waals surface area contributed by atoms with E-state index in [1.165, 1.54) is 0 Å². The van der Waals surface area contributed by atoms with E-state index in [0.717, 1.165) is 28.8 Å². The Morgan fingerprint density at radius 3 is 2.82 bits per heavy atom. The number of carbonyl (C=O) groups is 1. The first-order valence-electron chi connectivity index (χ1n) is 7.01. The van der Waals surface area contributed by atoms with Gasteiger partial charge in [-0.3, -0.25) is 9.78 Å². The maximum Gasteiger partial charge on any atom is 0.267 e. The van der Waals surface area contributed by atoms with Crippen molar-refractivity contribution in [2.75, 3.05) is 24.6 Å². The number of nitrogens with zero attached hydrogens (tertiary/aromatic N) is 2. The summed E-state index contributed by atoms with van der Waals surface area (Å²) in [7, 11) is 0. The highest BCUT2D eigenvalue weighted by Gasteiger charge is 2.22. The van der Waals surface area contributed by atoms with Gasteiger partial charge in [0, 0.05) is 29.4 Å². The van der Waals surface area contributed by atoms with E-state index < -0.39 is 5.91 Å². The lowest BCUT2D eigenvalue weighted by Crippen LogP contribution is -2.38. The Labute approximate surface area is 137 Å². The predicted octanol–water partition coefficient (Wildman–Crippen LogP) is 2.52. The molecule has 1 aliphatic heterocycles. The first-order valence-corrected chi connectivity index (χ1v) is 7.80. The van der Waals surface area contributed by atoms with Crippen molar-refractivity contribution in [2.45, 2.75) is 6.10 Å². The SMILES string of the molecule is NC(=O)c1cc(N2CCOC(c3ccc(Br)cc3)C2)ccn1. The van der Waals surface area contributed by atoms with Gasteiger partial charge in [0.1, 0.15) is 11.8 Å². The lowest BCUT2D eigenvalue weighted by Gasteiger charge is -2.34. The average Bonchev–Trinajstić information content (AvgIpc) is 2.56. The molecule has 1 aromatic heterocycles. The van der Waals surface area contributed by atoms with Crippen molar-refractivity contribution in [3.05, 3.63) is 58.3 Å². The third kappa shape index (κ3) is 3.28. The van der Waals surface area contributed by atoms with E-state index >= 15 is 0 Å². The largest absolute Gasteiger partial charge is 0.370 e. The Morgan fingerprint density at radius 1 is 1.32 bits per heavy atom. The summed E-state index contributed by atoms with van der Waals surface area (Å²) in [5, 5.41) is 0. The van der Waals surface area contributed by atoms with Crippen LogP contribution in [-0.2, 0) is 4.74 Å². The monoisotopic (exact) mass is 361 g/mol. The van der Waals surface area contributed by atoms with Gasteiger partial charge in [0.25, 0.3) is 5.91 Å². The maximum atomic E-state index is 11.3. The fraction of sp³-hybridized carbons (Fsp3) is 0.250. The van der Waals surface area contributed by atoms with Crippen LogP contribution in [0.3, 0.4) is 0 Å². The van der Waals surface area contributed by atoms with Crippen LogP contribution in [-0.4, -0.2) is 30.6 Å². The summed E-state index contributed by atoms with van der Waals surface area (Å²) in [5.41, 5.74) is 7.65. The molecule has 1 aromatic carbocycles. The van der Waals surface area contributed by atoms with Gasteiger partial charge in [0.05, 0.1) is 6.61 Å². The number of morpholine rings is 1. The summed E-state index contributed by atoms with van der Waals surface area (Å²) >= 11 is 3.44. The van der Waals surface area contributed by atoms with Gasteiger partial charge in [-0.2, -0.15) is 0 Å². The second-order valence-corrected chi connectivity index (χ2v) is 6.04. The molecule has 1 fully saturated rings. The van der Waals surface area contributed by atoms with Crippen molar-refractivity contribution in [3.8, 4) is 0 Å². The number of aromatic nitrogens is 1. The number of halogens is 1. The normalized spacial score (nSPS) is 18.2. The molecule has 114 valence electrons. The number of nitrogens with two attached hydrogens (primary N) is 1. The molecule has 2 N–H and O–H groups in total. The van der Waals surface area contributed by atoms with Crippen LogP contribution < -0.4 is 10.6 Å². The summed E-state index contributed by atoms with van der Waals surface area (Å²) in [6, 6.07) is 11.7. The van der Waals surface area contributed by atoms with Crippen molar-refractivity contribution in [3.63, 3.8) is 0 Å². The highest BCUT2D eigenvalue weighted by molar-refractivity contribution is 9.10. The molecule has 1 unspecified atom stereocenters. The van der Waals surface area contributed by atoms with Gasteiger partial charge < -0.3 is 15.4 Å². The summed E-state index contributed by atoms with van der Waals surface area (Å²) in [5.74, 6) is -0.514. The zero-order valence-corrected chi connectivity index (χ0v) is 13.5. The third-order valence-electron chi connectivity index (χ3n) is 3.67. The Kier molecular flexibility index (Phi) is 4.40. The van der Waals surface area contributed by atoms with E-state index in [9.17, 15) is 4.79 Å². The number of rotatable bonds is 3. The van der Waals surface area contributed by atoms with Crippen LogP contribution in [0.4, 0.5) is 5.69 Å². The summed E-state index contributed by atoms with van der Waals surface area (Å²) in [6.07, 6.45) is 1.62. The van der Waals surface area contributed by atoms with E-state index in [1.807, 2.05) is 18.2 Å². The molecule has 0 saturated carbocycles. The molecule has 1 saturated heterocycles. The summed E-state index contributed by atoms with van der Waals surface area (Å²) in [6.45, 7) is 2.13. The van der Waals surface area contributed by atoms with E-state index in [1.54, 1.807) is 12.3 Å². The number of ether oxygens (including phenoxy) is 1. The lowest BCUT2D eigenvalue weighted by molar-refractivity contribution is 0.0398. The zero-order chi connectivity index (χ0) is 15.5. The second-order valence-electron chi connectivity index (χ2n) is 5.12. The topological polar surface area (TPSA) is 68.5 Å². The van der Waals surface area contributed by atoms with Crippen LogP contribution in [0.2, 0.25) is 0 Å². The van der Waals surface area contributed by atoms with E-state index in [4.69, 9.17) is 10.5 Å². The number of amides is 1. The molecule has 1 aliphatic rings. The molecular weight excluding hydrogens is 346 g/mol. The molecule has 6 heteroatoms. The Morgan fingerprint density at radius 2 is 2.09 bits per heavy atom. The molecule has 22 heavy (non-hydrogen) atoms. The molecule has 3 rings (SSSR count). The van der Waals surface area contributed by atoms with E-state index in [2.05, 4.69) is 37.9 Å². The fourth-order valence-corrected chi connectivity index (χ4v) is 2.78. The standard InChI is InChI=1S/C16H16BrN3O2/c17-12-3-1-11(2-4-12)15-10-20(7-8-22-15)13-5-6-19-14(9-13)16(18)21/h1-6,9,15H,7-8,10H2,(H2,18,21). The molecule has 0 spiro atoms. The minimum Gasteiger partial charge on any atom is -0.370 e. The van der Waals surface area contributed by atoms with Gasteiger partial charge in [-0.25, -0.2) is 0 Å². The van der Waals surface area contributed by atoms with Crippen molar-refractivity contribution < 1.29 is 9.53 Å². The number of carbonyl (C=O) groups excluding carboxylic acids is 1. The number of anilines is 1. The quantitative estimate of drug-likeness (QED) is 0.911. The van der Waals surface area contributed by atoms with Gasteiger partial charge in [-0.15, -0.1) is 0 Å². The molecule has 0 bridgehead atoms. The Balaban J connectivity index is 1.79. The minimum atomic E-state index is -0.514. The molecule has 1 amide bonds. The van der Waals surface area contributed by atoms with Crippen molar-refractivity contribution in [2.24, 2.45) is 5.73 Å². The van der Waals surface area contributed by atoms with Crippen molar-refractivity contribution in [1.29, 1.82) is 0 Å². The van der Waals surface area contributed by atoms with Crippen molar-refractivity contribution in [1.82, 2.24) is 4.98 Å². The van der Waals surface area contributed by atoms with Crippen LogP contribution >= 0.6 is 15.9 Å². The van der Waals surface area contributed by atoms with Gasteiger partial charge in [0.15, 0.2) is 0 Å². The Bertz CT molecular complexity index is 675. The van der Waals surface area contributed by atoms with Gasteiger partial charge in [-0.1, -0.05) is 28.1 Å². The summed E-state index contributed by atoms with van der Waals surface area (Å²) < 4.78 is 6.91. The number of hydrogen-bond donors (Lipinski definition) is 1. The first kappa shape index (κ1) is 15.0. The summed E-state index contributed by atoms with van der Waals surface area (Å²) in [4.78, 5) is 17.4. The molecule has 2 heterocycles. The van der Waals surface area contributed by atoms with Gasteiger partial charge in [0.2, 0.25) is 0 Å². The number of primary amides is 1. The number of hydrogen-bond acceptors (Lipinski definition) is 4. The van der Waals surface area contributed by atoms with Crippen LogP contribution in [0.5, 0.6) is 0 Å². The lowest BCUT2D eigenvalue weighted by atomic mass is 10.1. The fourth-order valence-electron chi connectivity index (χ4n) is 2.51. The minimum absolute atomic E-state index is 0.00652. The molecule has 5 nitrogen and oxygen atoms in total. The Hall–Kier alpha value is -1.92. The van der Waals surface area contributed by atoms with Crippen LogP contribution in [0.1, 0.15) is 22.2 Å². The maximum absolute atomic E-state index is 11.3. The van der Waals surface area contributed by atoms with E-state index in [0.29, 0.717) is 6.61 Å². The number of pyridine rings is 1. The van der Waals surface area contributed by atoms with Crippen molar-refractivity contribution >= 4 is 27.5 Å². The molecule has 2 aromatic rings. The van der Waals surface area contributed by atoms with Crippen LogP contribution in [0, 0.1) is 0 Å². The van der Waals surface area contributed by atoms with Crippen LogP contribution in [0.15, 0.2) is 47.1 Å². The third-order valence-corrected chi connectivity index (χ3v) is 4.20. The van der Waals surface area contributed by atoms with Crippen LogP contribution in [0.25, 0.3) is 0 Å².